The van der Waals surface area contributed by atoms with Gasteiger partial charge in [-0.05, 0) is 39.2 Å². The molecular weight excluding hydrogens is 254 g/mol. The molecule has 0 aliphatic rings. The number of nitrogens with two attached hydrogens (primary N) is 1. The second-order valence-corrected chi connectivity index (χ2v) is 5.59. The zero-order valence-electron chi connectivity index (χ0n) is 12.5. The Hall–Kier alpha value is -1.96. The highest BCUT2D eigenvalue weighted by Gasteiger charge is 2.17. The van der Waals surface area contributed by atoms with Crippen LogP contribution in [0.2, 0.25) is 0 Å². The molecule has 2 N–H and O–H groups in total. The van der Waals surface area contributed by atoms with Gasteiger partial charge in [0.1, 0.15) is 5.69 Å². The standard InChI is InChI=1S/C15H23N3O2/c1-4-7-18-10-12(17)9-13(18)14(19)20-8-5-6-15(2,3)11-16/h9-10H,4-8,17H2,1-3H3. The number of hydrogen-bond acceptors (Lipinski definition) is 4. The summed E-state index contributed by atoms with van der Waals surface area (Å²) >= 11 is 0. The van der Waals surface area contributed by atoms with Gasteiger partial charge in [-0.25, -0.2) is 4.79 Å². The first-order valence-corrected chi connectivity index (χ1v) is 6.93. The fourth-order valence-corrected chi connectivity index (χ4v) is 1.94. The minimum atomic E-state index is -0.376. The molecule has 0 radical (unpaired) electrons. The predicted octanol–water partition coefficient (Wildman–Crippen LogP) is 2.97. The van der Waals surface area contributed by atoms with Crippen LogP contribution in [0.25, 0.3) is 0 Å². The van der Waals surface area contributed by atoms with E-state index < -0.39 is 0 Å². The number of carbonyl (C=O) groups is 1. The van der Waals surface area contributed by atoms with E-state index in [4.69, 9.17) is 15.7 Å². The summed E-state index contributed by atoms with van der Waals surface area (Å²) in [5.74, 6) is -0.357. The molecule has 1 aromatic heterocycles. The molecule has 0 unspecified atom stereocenters. The second-order valence-electron chi connectivity index (χ2n) is 5.59. The number of nitrogen functional groups attached to an aromatic ring is 1. The van der Waals surface area contributed by atoms with Crippen LogP contribution in [0.15, 0.2) is 12.3 Å². The van der Waals surface area contributed by atoms with E-state index in [1.807, 2.05) is 25.3 Å². The summed E-state index contributed by atoms with van der Waals surface area (Å²) in [7, 11) is 0. The molecule has 0 aromatic carbocycles. The third-order valence-corrected chi connectivity index (χ3v) is 3.07. The molecule has 0 amide bonds. The van der Waals surface area contributed by atoms with E-state index in [2.05, 4.69) is 6.07 Å². The van der Waals surface area contributed by atoms with E-state index >= 15 is 0 Å². The van der Waals surface area contributed by atoms with E-state index in [-0.39, 0.29) is 11.4 Å². The molecule has 0 fully saturated rings. The molecule has 5 nitrogen and oxygen atoms in total. The summed E-state index contributed by atoms with van der Waals surface area (Å²) in [5, 5.41) is 8.90. The minimum absolute atomic E-state index is 0.321. The third kappa shape index (κ3) is 4.61. The summed E-state index contributed by atoms with van der Waals surface area (Å²) in [6.07, 6.45) is 4.05. The van der Waals surface area contributed by atoms with E-state index in [0.717, 1.165) is 13.0 Å². The topological polar surface area (TPSA) is 81.0 Å². The molecule has 0 saturated heterocycles. The highest BCUT2D eigenvalue weighted by atomic mass is 16.5. The van der Waals surface area contributed by atoms with Gasteiger partial charge in [0.05, 0.1) is 23.8 Å². The number of anilines is 1. The van der Waals surface area contributed by atoms with Crippen LogP contribution in [0.1, 0.15) is 50.5 Å². The molecule has 0 saturated carbocycles. The number of ether oxygens (including phenoxy) is 1. The monoisotopic (exact) mass is 277 g/mol. The lowest BCUT2D eigenvalue weighted by Gasteiger charge is -2.14. The maximum atomic E-state index is 12.0. The smallest absolute Gasteiger partial charge is 0.355 e. The van der Waals surface area contributed by atoms with Crippen LogP contribution in [0.4, 0.5) is 5.69 Å². The zero-order chi connectivity index (χ0) is 15.2. The lowest BCUT2D eigenvalue weighted by Crippen LogP contribution is -2.14. The van der Waals surface area contributed by atoms with E-state index in [9.17, 15) is 4.79 Å². The van der Waals surface area contributed by atoms with E-state index in [1.165, 1.54) is 0 Å². The van der Waals surface area contributed by atoms with Crippen molar-refractivity contribution in [1.29, 1.82) is 5.26 Å². The molecule has 1 aromatic rings. The average Bonchev–Trinajstić information content (AvgIpc) is 2.76. The molecule has 1 rings (SSSR count). The van der Waals surface area contributed by atoms with Crippen LogP contribution in [0.3, 0.4) is 0 Å². The van der Waals surface area contributed by atoms with Crippen LogP contribution in [-0.2, 0) is 11.3 Å². The molecule has 5 heteroatoms. The Morgan fingerprint density at radius 2 is 2.25 bits per heavy atom. The third-order valence-electron chi connectivity index (χ3n) is 3.07. The molecule has 0 aliphatic carbocycles. The molecule has 0 spiro atoms. The van der Waals surface area contributed by atoms with E-state index in [1.54, 1.807) is 12.3 Å². The van der Waals surface area contributed by atoms with Gasteiger partial charge in [0.15, 0.2) is 0 Å². The van der Waals surface area contributed by atoms with Crippen molar-refractivity contribution in [3.05, 3.63) is 18.0 Å². The quantitative estimate of drug-likeness (QED) is 0.613. The second kappa shape index (κ2) is 6.99. The molecule has 0 aliphatic heterocycles. The van der Waals surface area contributed by atoms with Gasteiger partial charge in [-0.1, -0.05) is 6.92 Å². The summed E-state index contributed by atoms with van der Waals surface area (Å²) < 4.78 is 7.06. The van der Waals surface area contributed by atoms with Gasteiger partial charge in [-0.3, -0.25) is 0 Å². The Labute approximate surface area is 120 Å². The van der Waals surface area contributed by atoms with E-state index in [0.29, 0.717) is 30.8 Å². The number of aryl methyl sites for hydroxylation is 1. The van der Waals surface area contributed by atoms with Gasteiger partial charge < -0.3 is 15.0 Å². The Morgan fingerprint density at radius 3 is 2.85 bits per heavy atom. The van der Waals surface area contributed by atoms with Crippen LogP contribution in [-0.4, -0.2) is 17.1 Å². The van der Waals surface area contributed by atoms with Crippen LogP contribution in [0, 0.1) is 16.7 Å². The summed E-state index contributed by atoms with van der Waals surface area (Å²) in [6.45, 7) is 6.85. The lowest BCUT2D eigenvalue weighted by atomic mass is 9.90. The van der Waals surface area contributed by atoms with Gasteiger partial charge in [-0.15, -0.1) is 0 Å². The molecule has 1 heterocycles. The van der Waals surface area contributed by atoms with Crippen molar-refractivity contribution in [2.75, 3.05) is 12.3 Å². The number of hydrogen-bond donors (Lipinski definition) is 1. The van der Waals surface area contributed by atoms with Crippen molar-refractivity contribution < 1.29 is 9.53 Å². The minimum Gasteiger partial charge on any atom is -0.461 e. The number of carbonyl (C=O) groups excluding carboxylic acids is 1. The summed E-state index contributed by atoms with van der Waals surface area (Å²) in [5.41, 5.74) is 6.39. The van der Waals surface area contributed by atoms with Crippen molar-refractivity contribution in [2.45, 2.75) is 46.6 Å². The highest BCUT2D eigenvalue weighted by molar-refractivity contribution is 5.89. The number of aromatic nitrogens is 1. The lowest BCUT2D eigenvalue weighted by molar-refractivity contribution is 0.0478. The number of nitriles is 1. The molecule has 0 bridgehead atoms. The fourth-order valence-electron chi connectivity index (χ4n) is 1.94. The number of esters is 1. The molecule has 0 atom stereocenters. The summed E-state index contributed by atoms with van der Waals surface area (Å²) in [4.78, 5) is 12.0. The highest BCUT2D eigenvalue weighted by Crippen LogP contribution is 2.20. The van der Waals surface area contributed by atoms with Gasteiger partial charge in [0, 0.05) is 12.7 Å². The molecule has 110 valence electrons. The van der Waals surface area contributed by atoms with Crippen molar-refractivity contribution >= 4 is 11.7 Å². The molecule has 20 heavy (non-hydrogen) atoms. The predicted molar refractivity (Wildman–Crippen MR) is 78.0 cm³/mol. The Morgan fingerprint density at radius 1 is 1.55 bits per heavy atom. The van der Waals surface area contributed by atoms with Gasteiger partial charge in [-0.2, -0.15) is 5.26 Å². The first-order valence-electron chi connectivity index (χ1n) is 6.93. The molecular formula is C15H23N3O2. The Bertz CT molecular complexity index is 498. The summed E-state index contributed by atoms with van der Waals surface area (Å²) in [6, 6.07) is 3.87. The largest absolute Gasteiger partial charge is 0.461 e. The maximum absolute atomic E-state index is 12.0. The van der Waals surface area contributed by atoms with Gasteiger partial charge >= 0.3 is 5.97 Å². The van der Waals surface area contributed by atoms with Crippen molar-refractivity contribution in [3.63, 3.8) is 0 Å². The van der Waals surface area contributed by atoms with Gasteiger partial charge in [0.2, 0.25) is 0 Å². The Kier molecular flexibility index (Phi) is 5.63. The first-order chi connectivity index (χ1) is 9.39. The van der Waals surface area contributed by atoms with Gasteiger partial charge in [0.25, 0.3) is 0 Å². The average molecular weight is 277 g/mol. The van der Waals surface area contributed by atoms with Crippen LogP contribution >= 0.6 is 0 Å². The normalized spacial score (nSPS) is 11.1. The number of rotatable bonds is 7. The first kappa shape index (κ1) is 16.1. The Balaban J connectivity index is 2.49. The van der Waals surface area contributed by atoms with Crippen LogP contribution < -0.4 is 5.73 Å². The van der Waals surface area contributed by atoms with Crippen molar-refractivity contribution in [3.8, 4) is 6.07 Å². The SMILES string of the molecule is CCCn1cc(N)cc1C(=O)OCCCC(C)(C)C#N. The van der Waals surface area contributed by atoms with Crippen molar-refractivity contribution in [1.82, 2.24) is 4.57 Å². The fraction of sp³-hybridized carbons (Fsp3) is 0.600. The number of nitrogens with zero attached hydrogens (tertiary/aromatic N) is 2. The maximum Gasteiger partial charge on any atom is 0.355 e. The zero-order valence-corrected chi connectivity index (χ0v) is 12.5. The van der Waals surface area contributed by atoms with Crippen LogP contribution in [0.5, 0.6) is 0 Å². The van der Waals surface area contributed by atoms with Crippen molar-refractivity contribution in [2.24, 2.45) is 5.41 Å².